The lowest BCUT2D eigenvalue weighted by Gasteiger charge is -2.19. The summed E-state index contributed by atoms with van der Waals surface area (Å²) in [5, 5.41) is 0.506. The number of halogens is 2. The monoisotopic (exact) mass is 441 g/mol. The van der Waals surface area contributed by atoms with Crippen molar-refractivity contribution in [2.45, 2.75) is 6.54 Å². The highest BCUT2D eigenvalue weighted by Crippen LogP contribution is 2.31. The summed E-state index contributed by atoms with van der Waals surface area (Å²) in [6, 6.07) is 17.2. The van der Waals surface area contributed by atoms with Crippen molar-refractivity contribution in [1.29, 1.82) is 0 Å². The van der Waals surface area contributed by atoms with E-state index in [4.69, 9.17) is 0 Å². The zero-order valence-electron chi connectivity index (χ0n) is 14.0. The SMILES string of the molecule is O=C(c1cccc(Br)c1)N(Cc1ccccn1)c1nc2ccc(F)cc2s1. The van der Waals surface area contributed by atoms with Gasteiger partial charge >= 0.3 is 0 Å². The zero-order chi connectivity index (χ0) is 18.8. The fourth-order valence-electron chi connectivity index (χ4n) is 2.66. The van der Waals surface area contributed by atoms with Crippen molar-refractivity contribution in [3.63, 3.8) is 0 Å². The third kappa shape index (κ3) is 3.89. The van der Waals surface area contributed by atoms with Crippen molar-refractivity contribution in [3.8, 4) is 0 Å². The van der Waals surface area contributed by atoms with Crippen molar-refractivity contribution in [3.05, 3.63) is 88.4 Å². The second-order valence-electron chi connectivity index (χ2n) is 5.83. The average molecular weight is 442 g/mol. The second kappa shape index (κ2) is 7.54. The van der Waals surface area contributed by atoms with Crippen molar-refractivity contribution in [2.75, 3.05) is 4.90 Å². The van der Waals surface area contributed by atoms with Crippen LogP contribution in [0.2, 0.25) is 0 Å². The standard InChI is InChI=1S/C20H13BrFN3OS/c21-14-5-3-4-13(10-14)19(26)25(12-16-6-1-2-9-23-16)20-24-17-8-7-15(22)11-18(17)27-20/h1-11H,12H2. The van der Waals surface area contributed by atoms with Crippen LogP contribution in [-0.4, -0.2) is 15.9 Å². The molecule has 1 amide bonds. The van der Waals surface area contributed by atoms with Crippen LogP contribution in [-0.2, 0) is 6.54 Å². The number of fused-ring (bicyclic) bond motifs is 1. The van der Waals surface area contributed by atoms with E-state index in [1.807, 2.05) is 30.3 Å². The fourth-order valence-corrected chi connectivity index (χ4v) is 4.05. The molecule has 0 atom stereocenters. The molecule has 4 nitrogen and oxygen atoms in total. The van der Waals surface area contributed by atoms with E-state index in [9.17, 15) is 9.18 Å². The maximum absolute atomic E-state index is 13.5. The molecule has 0 unspecified atom stereocenters. The van der Waals surface area contributed by atoms with Gasteiger partial charge in [0, 0.05) is 16.2 Å². The van der Waals surface area contributed by atoms with E-state index >= 15 is 0 Å². The summed E-state index contributed by atoms with van der Waals surface area (Å²) in [5.41, 5.74) is 1.93. The fraction of sp³-hybridized carbons (Fsp3) is 0.0500. The average Bonchev–Trinajstić information content (AvgIpc) is 3.09. The molecule has 0 aliphatic carbocycles. The largest absolute Gasteiger partial charge is 0.278 e. The number of pyridine rings is 1. The van der Waals surface area contributed by atoms with Crippen LogP contribution in [0.25, 0.3) is 10.2 Å². The molecular formula is C20H13BrFN3OS. The number of hydrogen-bond donors (Lipinski definition) is 0. The molecule has 0 aliphatic heterocycles. The maximum atomic E-state index is 13.5. The molecular weight excluding hydrogens is 429 g/mol. The van der Waals surface area contributed by atoms with Crippen LogP contribution in [0.15, 0.2) is 71.3 Å². The Morgan fingerprint density at radius 3 is 2.78 bits per heavy atom. The Morgan fingerprint density at radius 1 is 1.11 bits per heavy atom. The first-order chi connectivity index (χ1) is 13.1. The molecule has 0 radical (unpaired) electrons. The van der Waals surface area contributed by atoms with Crippen LogP contribution >= 0.6 is 27.3 Å². The summed E-state index contributed by atoms with van der Waals surface area (Å²) in [6.45, 7) is 0.272. The van der Waals surface area contributed by atoms with Gasteiger partial charge in [0.05, 0.1) is 22.5 Å². The summed E-state index contributed by atoms with van der Waals surface area (Å²) < 4.78 is 15.1. The van der Waals surface area contributed by atoms with E-state index in [1.165, 1.54) is 23.5 Å². The third-order valence-electron chi connectivity index (χ3n) is 3.93. The minimum Gasteiger partial charge on any atom is -0.278 e. The molecule has 0 saturated carbocycles. The van der Waals surface area contributed by atoms with Crippen LogP contribution in [0.4, 0.5) is 9.52 Å². The predicted octanol–water partition coefficient (Wildman–Crippen LogP) is 5.44. The van der Waals surface area contributed by atoms with E-state index in [1.54, 1.807) is 29.3 Å². The molecule has 134 valence electrons. The van der Waals surface area contributed by atoms with Crippen molar-refractivity contribution < 1.29 is 9.18 Å². The van der Waals surface area contributed by atoms with Gasteiger partial charge in [-0.15, -0.1) is 0 Å². The first kappa shape index (κ1) is 17.8. The van der Waals surface area contributed by atoms with Crippen LogP contribution in [0.1, 0.15) is 16.1 Å². The van der Waals surface area contributed by atoms with Gasteiger partial charge in [-0.2, -0.15) is 0 Å². The molecule has 27 heavy (non-hydrogen) atoms. The number of carbonyl (C=O) groups is 1. The number of thiazole rings is 1. The number of amides is 1. The minimum atomic E-state index is -0.327. The molecule has 2 heterocycles. The van der Waals surface area contributed by atoms with E-state index in [0.717, 1.165) is 10.2 Å². The lowest BCUT2D eigenvalue weighted by molar-refractivity contribution is 0.0984. The number of nitrogens with zero attached hydrogens (tertiary/aromatic N) is 3. The first-order valence-corrected chi connectivity index (χ1v) is 9.74. The number of rotatable bonds is 4. The van der Waals surface area contributed by atoms with Crippen LogP contribution < -0.4 is 4.90 Å². The Hall–Kier alpha value is -2.64. The van der Waals surface area contributed by atoms with Crippen molar-refractivity contribution in [1.82, 2.24) is 9.97 Å². The number of anilines is 1. The first-order valence-electron chi connectivity index (χ1n) is 8.13. The van der Waals surface area contributed by atoms with Gasteiger partial charge < -0.3 is 0 Å². The van der Waals surface area contributed by atoms with Gasteiger partial charge in [0.2, 0.25) is 0 Å². The van der Waals surface area contributed by atoms with Gasteiger partial charge in [0.1, 0.15) is 5.82 Å². The van der Waals surface area contributed by atoms with Gasteiger partial charge in [-0.1, -0.05) is 39.4 Å². The molecule has 0 fully saturated rings. The molecule has 0 bridgehead atoms. The quantitative estimate of drug-likeness (QED) is 0.423. The Balaban J connectivity index is 1.77. The Morgan fingerprint density at radius 2 is 2.00 bits per heavy atom. The zero-order valence-corrected chi connectivity index (χ0v) is 16.4. The van der Waals surface area contributed by atoms with Gasteiger partial charge in [-0.05, 0) is 48.5 Å². The summed E-state index contributed by atoms with van der Waals surface area (Å²) in [5.74, 6) is -0.520. The number of hydrogen-bond acceptors (Lipinski definition) is 4. The summed E-state index contributed by atoms with van der Waals surface area (Å²) >= 11 is 4.68. The van der Waals surface area contributed by atoms with Crippen LogP contribution in [0.5, 0.6) is 0 Å². The van der Waals surface area contributed by atoms with E-state index in [-0.39, 0.29) is 18.3 Å². The lowest BCUT2D eigenvalue weighted by Crippen LogP contribution is -2.30. The highest BCUT2D eigenvalue weighted by molar-refractivity contribution is 9.10. The maximum Gasteiger partial charge on any atom is 0.260 e. The smallest absolute Gasteiger partial charge is 0.260 e. The van der Waals surface area contributed by atoms with Gasteiger partial charge in [0.25, 0.3) is 5.91 Å². The summed E-state index contributed by atoms with van der Waals surface area (Å²) in [4.78, 5) is 23.6. The number of carbonyl (C=O) groups excluding carboxylic acids is 1. The highest BCUT2D eigenvalue weighted by atomic mass is 79.9. The van der Waals surface area contributed by atoms with E-state index in [0.29, 0.717) is 20.9 Å². The summed E-state index contributed by atoms with van der Waals surface area (Å²) in [7, 11) is 0. The normalized spacial score (nSPS) is 10.9. The molecule has 0 aliphatic rings. The van der Waals surface area contributed by atoms with Crippen LogP contribution in [0.3, 0.4) is 0 Å². The third-order valence-corrected chi connectivity index (χ3v) is 5.47. The molecule has 2 aromatic carbocycles. The van der Waals surface area contributed by atoms with Gasteiger partial charge in [0.15, 0.2) is 5.13 Å². The molecule has 0 saturated heterocycles. The molecule has 4 aromatic rings. The second-order valence-corrected chi connectivity index (χ2v) is 7.76. The topological polar surface area (TPSA) is 46.1 Å². The van der Waals surface area contributed by atoms with Crippen LogP contribution in [0, 0.1) is 5.82 Å². The summed E-state index contributed by atoms with van der Waals surface area (Å²) in [6.07, 6.45) is 1.69. The Kier molecular flexibility index (Phi) is 4.96. The highest BCUT2D eigenvalue weighted by Gasteiger charge is 2.22. The lowest BCUT2D eigenvalue weighted by atomic mass is 10.2. The molecule has 4 rings (SSSR count). The van der Waals surface area contributed by atoms with E-state index < -0.39 is 0 Å². The van der Waals surface area contributed by atoms with Crippen molar-refractivity contribution in [2.24, 2.45) is 0 Å². The molecule has 0 N–H and O–H groups in total. The minimum absolute atomic E-state index is 0.193. The van der Waals surface area contributed by atoms with Gasteiger partial charge in [-0.3, -0.25) is 14.7 Å². The van der Waals surface area contributed by atoms with E-state index in [2.05, 4.69) is 25.9 Å². The molecule has 2 aromatic heterocycles. The molecule has 0 spiro atoms. The Bertz CT molecular complexity index is 1120. The predicted molar refractivity (Wildman–Crippen MR) is 108 cm³/mol. The molecule has 7 heteroatoms. The number of aromatic nitrogens is 2. The number of benzene rings is 2. The van der Waals surface area contributed by atoms with Gasteiger partial charge in [-0.25, -0.2) is 9.37 Å². The van der Waals surface area contributed by atoms with Crippen molar-refractivity contribution >= 4 is 48.5 Å². The Labute approximate surface area is 167 Å².